The number of hydrogen-bond donors (Lipinski definition) is 4. The molecule has 6 nitrogen and oxygen atoms in total. The molecule has 0 aliphatic carbocycles. The summed E-state index contributed by atoms with van der Waals surface area (Å²) in [6.45, 7) is -0.494. The summed E-state index contributed by atoms with van der Waals surface area (Å²) < 4.78 is 12.0. The van der Waals surface area contributed by atoms with E-state index < -0.39 is 37.3 Å². The standard InChI is InChI=1S/C16H17BrO6/c17-9-5-4-8-2-1-3-11(10(8)6-9)22-16-15(21)14(20)13(19)12(7-18)23-16/h1-6,12-16,18-21H,7H2/t12-,13-,14+,15-,16+/m1/s1. The van der Waals surface area contributed by atoms with Crippen LogP contribution in [0.1, 0.15) is 0 Å². The van der Waals surface area contributed by atoms with Gasteiger partial charge >= 0.3 is 0 Å². The topological polar surface area (TPSA) is 99.4 Å². The summed E-state index contributed by atoms with van der Waals surface area (Å²) in [4.78, 5) is 0. The van der Waals surface area contributed by atoms with E-state index in [-0.39, 0.29) is 0 Å². The Bertz CT molecular complexity index is 691. The molecule has 0 radical (unpaired) electrons. The van der Waals surface area contributed by atoms with Gasteiger partial charge in [0.2, 0.25) is 6.29 Å². The van der Waals surface area contributed by atoms with Crippen LogP contribution < -0.4 is 4.74 Å². The van der Waals surface area contributed by atoms with Gasteiger partial charge in [-0.3, -0.25) is 0 Å². The van der Waals surface area contributed by atoms with Crippen molar-refractivity contribution in [3.05, 3.63) is 40.9 Å². The molecule has 1 heterocycles. The minimum atomic E-state index is -1.47. The summed E-state index contributed by atoms with van der Waals surface area (Å²) in [5.41, 5.74) is 0. The molecule has 0 bridgehead atoms. The monoisotopic (exact) mass is 384 g/mol. The highest BCUT2D eigenvalue weighted by Gasteiger charge is 2.44. The second-order valence-electron chi connectivity index (χ2n) is 5.44. The Morgan fingerprint density at radius 2 is 1.83 bits per heavy atom. The second kappa shape index (κ2) is 6.72. The van der Waals surface area contributed by atoms with Crippen LogP contribution in [0.4, 0.5) is 0 Å². The van der Waals surface area contributed by atoms with Crippen molar-refractivity contribution >= 4 is 26.7 Å². The van der Waals surface area contributed by atoms with Gasteiger partial charge in [0.25, 0.3) is 0 Å². The highest BCUT2D eigenvalue weighted by molar-refractivity contribution is 9.10. The zero-order chi connectivity index (χ0) is 16.6. The van der Waals surface area contributed by atoms with E-state index in [1.54, 1.807) is 12.1 Å². The van der Waals surface area contributed by atoms with Gasteiger partial charge in [-0.05, 0) is 23.6 Å². The van der Waals surface area contributed by atoms with E-state index in [0.717, 1.165) is 15.2 Å². The molecule has 1 saturated heterocycles. The lowest BCUT2D eigenvalue weighted by atomic mass is 9.99. The zero-order valence-electron chi connectivity index (χ0n) is 12.0. The predicted molar refractivity (Wildman–Crippen MR) is 86.0 cm³/mol. The molecule has 0 saturated carbocycles. The predicted octanol–water partition coefficient (Wildman–Crippen LogP) is 0.781. The molecule has 0 spiro atoms. The quantitative estimate of drug-likeness (QED) is 0.624. The second-order valence-corrected chi connectivity index (χ2v) is 6.35. The Morgan fingerprint density at radius 3 is 2.57 bits per heavy atom. The lowest BCUT2D eigenvalue weighted by Crippen LogP contribution is -2.60. The highest BCUT2D eigenvalue weighted by atomic mass is 79.9. The van der Waals surface area contributed by atoms with Crippen LogP contribution in [0.15, 0.2) is 40.9 Å². The average Bonchev–Trinajstić information content (AvgIpc) is 2.55. The number of aliphatic hydroxyl groups is 4. The number of rotatable bonds is 3. The first-order chi connectivity index (χ1) is 11.0. The molecule has 23 heavy (non-hydrogen) atoms. The van der Waals surface area contributed by atoms with E-state index in [0.29, 0.717) is 5.75 Å². The van der Waals surface area contributed by atoms with Crippen molar-refractivity contribution in [1.29, 1.82) is 0 Å². The van der Waals surface area contributed by atoms with E-state index >= 15 is 0 Å². The van der Waals surface area contributed by atoms with Crippen LogP contribution >= 0.6 is 15.9 Å². The Labute approximate surface area is 141 Å². The van der Waals surface area contributed by atoms with Gasteiger partial charge in [-0.2, -0.15) is 0 Å². The van der Waals surface area contributed by atoms with Gasteiger partial charge in [-0.1, -0.05) is 34.1 Å². The minimum absolute atomic E-state index is 0.466. The van der Waals surface area contributed by atoms with Crippen LogP contribution in [0.5, 0.6) is 5.75 Å². The molecule has 1 aliphatic heterocycles. The lowest BCUT2D eigenvalue weighted by Gasteiger charge is -2.39. The number of halogens is 1. The Hall–Kier alpha value is -1.22. The average molecular weight is 385 g/mol. The SMILES string of the molecule is OC[C@H]1O[C@H](Oc2cccc3ccc(Br)cc23)[C@H](O)[C@@H](O)[C@@H]1O. The number of hydrogen-bond acceptors (Lipinski definition) is 6. The molecule has 0 unspecified atom stereocenters. The van der Waals surface area contributed by atoms with Crippen LogP contribution in [-0.2, 0) is 4.74 Å². The summed E-state index contributed by atoms with van der Waals surface area (Å²) >= 11 is 3.40. The molecule has 2 aromatic carbocycles. The fourth-order valence-electron chi connectivity index (χ4n) is 2.61. The zero-order valence-corrected chi connectivity index (χ0v) is 13.6. The van der Waals surface area contributed by atoms with Crippen LogP contribution in [-0.4, -0.2) is 57.7 Å². The van der Waals surface area contributed by atoms with Crippen LogP contribution in [0.25, 0.3) is 10.8 Å². The van der Waals surface area contributed by atoms with Gasteiger partial charge in [0.05, 0.1) is 6.61 Å². The maximum absolute atomic E-state index is 10.1. The third-order valence-corrected chi connectivity index (χ3v) is 4.39. The van der Waals surface area contributed by atoms with Gasteiger partial charge in [-0.15, -0.1) is 0 Å². The van der Waals surface area contributed by atoms with Crippen molar-refractivity contribution in [2.24, 2.45) is 0 Å². The summed E-state index contributed by atoms with van der Waals surface area (Å²) in [5, 5.41) is 40.6. The number of fused-ring (bicyclic) bond motifs is 1. The van der Waals surface area contributed by atoms with E-state index in [4.69, 9.17) is 9.47 Å². The first kappa shape index (κ1) is 16.6. The van der Waals surface area contributed by atoms with Gasteiger partial charge in [0.15, 0.2) is 0 Å². The lowest BCUT2D eigenvalue weighted by molar-refractivity contribution is -0.277. The summed E-state index contributed by atoms with van der Waals surface area (Å²) in [7, 11) is 0. The van der Waals surface area contributed by atoms with E-state index in [9.17, 15) is 20.4 Å². The number of benzene rings is 2. The molecular weight excluding hydrogens is 368 g/mol. The largest absolute Gasteiger partial charge is 0.461 e. The Balaban J connectivity index is 1.90. The van der Waals surface area contributed by atoms with Gasteiger partial charge in [0.1, 0.15) is 30.2 Å². The van der Waals surface area contributed by atoms with E-state index in [1.165, 1.54) is 0 Å². The third-order valence-electron chi connectivity index (χ3n) is 3.90. The molecule has 124 valence electrons. The van der Waals surface area contributed by atoms with Crippen molar-refractivity contribution in [2.45, 2.75) is 30.7 Å². The summed E-state index contributed by atoms with van der Waals surface area (Å²) in [5.74, 6) is 0.466. The van der Waals surface area contributed by atoms with Crippen molar-refractivity contribution in [2.75, 3.05) is 6.61 Å². The molecule has 2 aromatic rings. The fourth-order valence-corrected chi connectivity index (χ4v) is 2.97. The maximum Gasteiger partial charge on any atom is 0.229 e. The highest BCUT2D eigenvalue weighted by Crippen LogP contribution is 2.31. The molecule has 5 atom stereocenters. The summed E-state index contributed by atoms with van der Waals surface area (Å²) in [6.07, 6.45) is -6.51. The summed E-state index contributed by atoms with van der Waals surface area (Å²) in [6, 6.07) is 11.1. The first-order valence-electron chi connectivity index (χ1n) is 7.16. The maximum atomic E-state index is 10.1. The van der Waals surface area contributed by atoms with Gasteiger partial charge in [0, 0.05) is 9.86 Å². The fraction of sp³-hybridized carbons (Fsp3) is 0.375. The molecule has 4 N–H and O–H groups in total. The molecule has 7 heteroatoms. The normalized spacial score (nSPS) is 31.3. The number of ether oxygens (including phenoxy) is 2. The van der Waals surface area contributed by atoms with Crippen LogP contribution in [0.2, 0.25) is 0 Å². The van der Waals surface area contributed by atoms with Crippen molar-refractivity contribution in [3.8, 4) is 5.75 Å². The van der Waals surface area contributed by atoms with Gasteiger partial charge < -0.3 is 29.9 Å². The molecule has 0 aromatic heterocycles. The molecule has 0 amide bonds. The van der Waals surface area contributed by atoms with Crippen molar-refractivity contribution in [1.82, 2.24) is 0 Å². The minimum Gasteiger partial charge on any atom is -0.461 e. The molecule has 1 aliphatic rings. The molecule has 1 fully saturated rings. The third kappa shape index (κ3) is 3.21. The number of aliphatic hydroxyl groups excluding tert-OH is 4. The molecule has 3 rings (SSSR count). The smallest absolute Gasteiger partial charge is 0.229 e. The first-order valence-corrected chi connectivity index (χ1v) is 7.96. The van der Waals surface area contributed by atoms with Crippen LogP contribution in [0.3, 0.4) is 0 Å². The van der Waals surface area contributed by atoms with Crippen molar-refractivity contribution in [3.63, 3.8) is 0 Å². The Morgan fingerprint density at radius 1 is 1.04 bits per heavy atom. The molecular formula is C16H17BrO6. The van der Waals surface area contributed by atoms with Crippen LogP contribution in [0, 0.1) is 0 Å². The van der Waals surface area contributed by atoms with Gasteiger partial charge in [-0.25, -0.2) is 0 Å². The van der Waals surface area contributed by atoms with E-state index in [1.807, 2.05) is 24.3 Å². The Kier molecular flexibility index (Phi) is 4.86. The van der Waals surface area contributed by atoms with E-state index in [2.05, 4.69) is 15.9 Å². The van der Waals surface area contributed by atoms with Crippen molar-refractivity contribution < 1.29 is 29.9 Å².